The second-order valence-electron chi connectivity index (χ2n) is 6.22. The molecule has 0 fully saturated rings. The SMILES string of the molecule is O=c1oc2c(-c3ccc(Br)cc3)nn(-c3ccccc3)c2c2ccccc12. The standard InChI is InChI=1S/C22H13BrN2O2/c23-15-12-10-14(11-13-15)19-21-20(25(24-19)16-6-2-1-3-7-16)17-8-4-5-9-18(17)22(26)27-21/h1-13H. The highest BCUT2D eigenvalue weighted by Crippen LogP contribution is 2.33. The minimum Gasteiger partial charge on any atom is -0.418 e. The molecule has 27 heavy (non-hydrogen) atoms. The normalized spacial score (nSPS) is 11.3. The molecule has 0 spiro atoms. The summed E-state index contributed by atoms with van der Waals surface area (Å²) in [7, 11) is 0. The van der Waals surface area contributed by atoms with E-state index in [1.54, 1.807) is 6.07 Å². The maximum atomic E-state index is 12.6. The number of hydrogen-bond donors (Lipinski definition) is 0. The molecule has 0 bridgehead atoms. The van der Waals surface area contributed by atoms with E-state index in [4.69, 9.17) is 9.52 Å². The Morgan fingerprint density at radius 2 is 1.48 bits per heavy atom. The van der Waals surface area contributed by atoms with E-state index in [0.717, 1.165) is 26.6 Å². The van der Waals surface area contributed by atoms with E-state index in [2.05, 4.69) is 15.9 Å². The van der Waals surface area contributed by atoms with E-state index >= 15 is 0 Å². The molecule has 0 N–H and O–H groups in total. The molecule has 0 amide bonds. The van der Waals surface area contributed by atoms with Crippen LogP contribution in [-0.2, 0) is 0 Å². The predicted octanol–water partition coefficient (Wildman–Crippen LogP) is 5.56. The lowest BCUT2D eigenvalue weighted by Gasteiger charge is -2.04. The summed E-state index contributed by atoms with van der Waals surface area (Å²) in [6.07, 6.45) is 0. The second kappa shape index (κ2) is 6.21. The van der Waals surface area contributed by atoms with Crippen molar-refractivity contribution in [3.05, 3.63) is 93.8 Å². The van der Waals surface area contributed by atoms with Gasteiger partial charge in [-0.2, -0.15) is 5.10 Å². The lowest BCUT2D eigenvalue weighted by molar-refractivity contribution is 0.570. The molecule has 0 aliphatic carbocycles. The van der Waals surface area contributed by atoms with Crippen LogP contribution in [0.3, 0.4) is 0 Å². The van der Waals surface area contributed by atoms with E-state index in [-0.39, 0.29) is 5.63 Å². The first-order chi connectivity index (χ1) is 13.2. The van der Waals surface area contributed by atoms with Crippen molar-refractivity contribution in [1.29, 1.82) is 0 Å². The fourth-order valence-corrected chi connectivity index (χ4v) is 3.57. The predicted molar refractivity (Wildman–Crippen MR) is 110 cm³/mol. The average molecular weight is 417 g/mol. The van der Waals surface area contributed by atoms with E-state index in [9.17, 15) is 4.79 Å². The van der Waals surface area contributed by atoms with Gasteiger partial charge in [0.25, 0.3) is 0 Å². The Morgan fingerprint density at radius 1 is 0.815 bits per heavy atom. The van der Waals surface area contributed by atoms with Crippen LogP contribution < -0.4 is 5.63 Å². The number of hydrogen-bond acceptors (Lipinski definition) is 3. The monoisotopic (exact) mass is 416 g/mol. The van der Waals surface area contributed by atoms with E-state index < -0.39 is 0 Å². The summed E-state index contributed by atoms with van der Waals surface area (Å²) in [6.45, 7) is 0. The molecule has 0 aliphatic heterocycles. The van der Waals surface area contributed by atoms with Crippen LogP contribution in [0.5, 0.6) is 0 Å². The van der Waals surface area contributed by atoms with Gasteiger partial charge in [-0.3, -0.25) is 0 Å². The van der Waals surface area contributed by atoms with Crippen LogP contribution in [0, 0.1) is 0 Å². The van der Waals surface area contributed by atoms with Crippen LogP contribution in [0.15, 0.2) is 92.5 Å². The van der Waals surface area contributed by atoms with Crippen LogP contribution in [-0.4, -0.2) is 9.78 Å². The van der Waals surface area contributed by atoms with Gasteiger partial charge in [-0.15, -0.1) is 0 Å². The lowest BCUT2D eigenvalue weighted by atomic mass is 10.1. The van der Waals surface area contributed by atoms with Gasteiger partial charge in [0, 0.05) is 15.4 Å². The Kier molecular flexibility index (Phi) is 3.69. The van der Waals surface area contributed by atoms with Gasteiger partial charge < -0.3 is 4.42 Å². The van der Waals surface area contributed by atoms with Crippen molar-refractivity contribution in [2.45, 2.75) is 0 Å². The number of benzene rings is 3. The minimum absolute atomic E-state index is 0.357. The third-order valence-electron chi connectivity index (χ3n) is 4.56. The quantitative estimate of drug-likeness (QED) is 0.378. The molecule has 3 aromatic carbocycles. The Labute approximate surface area is 162 Å². The number of rotatable bonds is 2. The average Bonchev–Trinajstić information content (AvgIpc) is 3.09. The number of nitrogens with zero attached hydrogens (tertiary/aromatic N) is 2. The summed E-state index contributed by atoms with van der Waals surface area (Å²) in [4.78, 5) is 12.6. The largest absolute Gasteiger partial charge is 0.418 e. The Balaban J connectivity index is 1.95. The van der Waals surface area contributed by atoms with E-state index in [1.807, 2.05) is 77.5 Å². The van der Waals surface area contributed by atoms with Gasteiger partial charge in [-0.1, -0.05) is 64.5 Å². The van der Waals surface area contributed by atoms with Crippen molar-refractivity contribution in [2.24, 2.45) is 0 Å². The molecule has 4 nitrogen and oxygen atoms in total. The van der Waals surface area contributed by atoms with Crippen LogP contribution >= 0.6 is 15.9 Å². The van der Waals surface area contributed by atoms with Crippen LogP contribution in [0.25, 0.3) is 38.8 Å². The van der Waals surface area contributed by atoms with Gasteiger partial charge in [-0.05, 0) is 30.3 Å². The lowest BCUT2D eigenvalue weighted by Crippen LogP contribution is -2.01. The Hall–Kier alpha value is -3.18. The molecule has 130 valence electrons. The maximum absolute atomic E-state index is 12.6. The molecule has 0 saturated heterocycles. The van der Waals surface area contributed by atoms with Crippen molar-refractivity contribution in [3.63, 3.8) is 0 Å². The van der Waals surface area contributed by atoms with Crippen molar-refractivity contribution in [3.8, 4) is 16.9 Å². The van der Waals surface area contributed by atoms with Gasteiger partial charge in [0.05, 0.1) is 11.1 Å². The zero-order chi connectivity index (χ0) is 18.4. The van der Waals surface area contributed by atoms with Crippen molar-refractivity contribution < 1.29 is 4.42 Å². The van der Waals surface area contributed by atoms with Gasteiger partial charge in [-0.25, -0.2) is 9.48 Å². The van der Waals surface area contributed by atoms with Crippen molar-refractivity contribution in [2.75, 3.05) is 0 Å². The Morgan fingerprint density at radius 3 is 2.22 bits per heavy atom. The van der Waals surface area contributed by atoms with Crippen molar-refractivity contribution >= 4 is 37.8 Å². The minimum atomic E-state index is -0.357. The molecule has 0 radical (unpaired) electrons. The third-order valence-corrected chi connectivity index (χ3v) is 5.09. The zero-order valence-electron chi connectivity index (χ0n) is 14.1. The molecule has 5 aromatic rings. The highest BCUT2D eigenvalue weighted by atomic mass is 79.9. The smallest absolute Gasteiger partial charge is 0.344 e. The Bertz CT molecular complexity index is 1340. The fourth-order valence-electron chi connectivity index (χ4n) is 3.30. The molecule has 0 unspecified atom stereocenters. The molecule has 5 rings (SSSR count). The molecule has 2 aromatic heterocycles. The molecule has 0 saturated carbocycles. The molecule has 0 aliphatic rings. The first-order valence-electron chi connectivity index (χ1n) is 8.48. The summed E-state index contributed by atoms with van der Waals surface area (Å²) >= 11 is 3.45. The van der Waals surface area contributed by atoms with Crippen LogP contribution in [0.1, 0.15) is 0 Å². The molecular weight excluding hydrogens is 404 g/mol. The summed E-state index contributed by atoms with van der Waals surface area (Å²) in [5.41, 5.74) is 3.36. The van der Waals surface area contributed by atoms with Gasteiger partial charge in [0.15, 0.2) is 5.58 Å². The van der Waals surface area contributed by atoms with Crippen LogP contribution in [0.4, 0.5) is 0 Å². The van der Waals surface area contributed by atoms with E-state index in [0.29, 0.717) is 16.7 Å². The summed E-state index contributed by atoms with van der Waals surface area (Å²) in [5, 5.41) is 6.19. The van der Waals surface area contributed by atoms with Crippen molar-refractivity contribution in [1.82, 2.24) is 9.78 Å². The molecular formula is C22H13BrN2O2. The number of fused-ring (bicyclic) bond motifs is 3. The van der Waals surface area contributed by atoms with Crippen LogP contribution in [0.2, 0.25) is 0 Å². The summed E-state index contributed by atoms with van der Waals surface area (Å²) in [5.74, 6) is 0. The summed E-state index contributed by atoms with van der Waals surface area (Å²) in [6, 6.07) is 25.1. The number of halogens is 1. The first-order valence-corrected chi connectivity index (χ1v) is 9.27. The number of para-hydroxylation sites is 1. The van der Waals surface area contributed by atoms with Gasteiger partial charge >= 0.3 is 5.63 Å². The highest BCUT2D eigenvalue weighted by molar-refractivity contribution is 9.10. The van der Waals surface area contributed by atoms with E-state index in [1.165, 1.54) is 0 Å². The molecule has 0 atom stereocenters. The highest BCUT2D eigenvalue weighted by Gasteiger charge is 2.20. The fraction of sp³-hybridized carbons (Fsp3) is 0. The second-order valence-corrected chi connectivity index (χ2v) is 7.13. The third kappa shape index (κ3) is 2.59. The maximum Gasteiger partial charge on any atom is 0.344 e. The zero-order valence-corrected chi connectivity index (χ0v) is 15.7. The molecule has 5 heteroatoms. The first kappa shape index (κ1) is 16.0. The topological polar surface area (TPSA) is 48.0 Å². The van der Waals surface area contributed by atoms with Gasteiger partial charge in [0.1, 0.15) is 11.2 Å². The number of aromatic nitrogens is 2. The summed E-state index contributed by atoms with van der Waals surface area (Å²) < 4.78 is 8.56. The van der Waals surface area contributed by atoms with Gasteiger partial charge in [0.2, 0.25) is 0 Å². The molecule has 2 heterocycles.